The highest BCUT2D eigenvalue weighted by atomic mass is 19.4. The van der Waals surface area contributed by atoms with E-state index in [1.54, 1.807) is 0 Å². The molecule has 1 atom stereocenters. The van der Waals surface area contributed by atoms with E-state index >= 15 is 0 Å². The zero-order valence-corrected chi connectivity index (χ0v) is 15.2. The molecule has 0 bridgehead atoms. The summed E-state index contributed by atoms with van der Waals surface area (Å²) in [5.74, 6) is -1.18. The van der Waals surface area contributed by atoms with Crippen molar-refractivity contribution < 1.29 is 27.5 Å². The highest BCUT2D eigenvalue weighted by molar-refractivity contribution is 5.96. The third-order valence-electron chi connectivity index (χ3n) is 3.92. The number of hydrogen-bond acceptors (Lipinski definition) is 3. The molecule has 1 aromatic carbocycles. The van der Waals surface area contributed by atoms with E-state index in [-0.39, 0.29) is 5.56 Å². The summed E-state index contributed by atoms with van der Waals surface area (Å²) in [7, 11) is 0. The summed E-state index contributed by atoms with van der Waals surface area (Å²) in [6.07, 6.45) is 1.95. The Bertz CT molecular complexity index is 570. The first kappa shape index (κ1) is 22.0. The number of amides is 1. The molecular weight excluding hydrogens is 347 g/mol. The molecule has 0 aliphatic rings. The van der Waals surface area contributed by atoms with Gasteiger partial charge in [0, 0.05) is 5.56 Å². The van der Waals surface area contributed by atoms with E-state index in [2.05, 4.69) is 12.2 Å². The van der Waals surface area contributed by atoms with Crippen molar-refractivity contribution in [2.75, 3.05) is 6.61 Å². The molecule has 7 heteroatoms. The van der Waals surface area contributed by atoms with Gasteiger partial charge in [-0.25, -0.2) is 4.79 Å². The fourth-order valence-corrected chi connectivity index (χ4v) is 2.33. The van der Waals surface area contributed by atoms with Crippen LogP contribution in [0.3, 0.4) is 0 Å². The van der Waals surface area contributed by atoms with E-state index in [4.69, 9.17) is 4.74 Å². The summed E-state index contributed by atoms with van der Waals surface area (Å²) < 4.78 is 42.6. The van der Waals surface area contributed by atoms with E-state index in [1.807, 2.05) is 0 Å². The molecule has 4 nitrogen and oxygen atoms in total. The van der Waals surface area contributed by atoms with Crippen molar-refractivity contribution in [3.05, 3.63) is 35.4 Å². The largest absolute Gasteiger partial charge is 0.464 e. The van der Waals surface area contributed by atoms with Crippen LogP contribution < -0.4 is 5.32 Å². The van der Waals surface area contributed by atoms with Crippen LogP contribution in [0.5, 0.6) is 0 Å². The van der Waals surface area contributed by atoms with E-state index in [0.29, 0.717) is 6.61 Å². The Balaban J connectivity index is 2.35. The highest BCUT2D eigenvalue weighted by Gasteiger charge is 2.30. The number of hydrogen-bond donors (Lipinski definition) is 1. The second-order valence-corrected chi connectivity index (χ2v) is 6.21. The van der Waals surface area contributed by atoms with Crippen LogP contribution in [0, 0.1) is 0 Å². The van der Waals surface area contributed by atoms with Gasteiger partial charge in [-0.05, 0) is 37.6 Å². The first-order valence-electron chi connectivity index (χ1n) is 8.90. The Hall–Kier alpha value is -2.05. The second kappa shape index (κ2) is 10.8. The van der Waals surface area contributed by atoms with Crippen molar-refractivity contribution in [2.45, 2.75) is 64.6 Å². The zero-order valence-electron chi connectivity index (χ0n) is 15.2. The van der Waals surface area contributed by atoms with Crippen LogP contribution >= 0.6 is 0 Å². The summed E-state index contributed by atoms with van der Waals surface area (Å²) >= 11 is 0. The maximum atomic E-state index is 12.5. The Morgan fingerprint density at radius 2 is 1.62 bits per heavy atom. The molecular formula is C19H26F3NO3. The van der Waals surface area contributed by atoms with Crippen LogP contribution in [0.15, 0.2) is 24.3 Å². The Morgan fingerprint density at radius 1 is 1.04 bits per heavy atom. The van der Waals surface area contributed by atoms with E-state index in [1.165, 1.54) is 26.2 Å². The molecule has 1 unspecified atom stereocenters. The molecule has 1 amide bonds. The van der Waals surface area contributed by atoms with Gasteiger partial charge in [-0.2, -0.15) is 13.2 Å². The van der Waals surface area contributed by atoms with Gasteiger partial charge in [0.2, 0.25) is 0 Å². The lowest BCUT2D eigenvalue weighted by Gasteiger charge is -2.14. The molecule has 146 valence electrons. The summed E-state index contributed by atoms with van der Waals surface area (Å²) in [6.45, 7) is 3.92. The van der Waals surface area contributed by atoms with Crippen molar-refractivity contribution in [1.82, 2.24) is 5.32 Å². The molecule has 0 aromatic heterocycles. The third kappa shape index (κ3) is 7.89. The minimum atomic E-state index is -4.46. The molecule has 0 saturated carbocycles. The van der Waals surface area contributed by atoms with Crippen molar-refractivity contribution in [1.29, 1.82) is 0 Å². The SMILES string of the molecule is CCCCCCCCOC(=O)C(C)NC(=O)c1ccc(C(F)(F)F)cc1. The van der Waals surface area contributed by atoms with Crippen molar-refractivity contribution in [2.24, 2.45) is 0 Å². The molecule has 0 aliphatic carbocycles. The van der Waals surface area contributed by atoms with Gasteiger partial charge >= 0.3 is 12.1 Å². The molecule has 0 radical (unpaired) electrons. The van der Waals surface area contributed by atoms with Crippen LogP contribution in [0.25, 0.3) is 0 Å². The standard InChI is InChI=1S/C19H26F3NO3/c1-3-4-5-6-7-8-13-26-18(25)14(2)23-17(24)15-9-11-16(12-10-15)19(20,21)22/h9-12,14H,3-8,13H2,1-2H3,(H,23,24). The van der Waals surface area contributed by atoms with Gasteiger partial charge < -0.3 is 10.1 Å². The normalized spacial score (nSPS) is 12.5. The average Bonchev–Trinajstić information content (AvgIpc) is 2.60. The number of carbonyl (C=O) groups excluding carboxylic acids is 2. The number of halogens is 3. The number of rotatable bonds is 10. The zero-order chi connectivity index (χ0) is 19.6. The number of nitrogens with one attached hydrogen (secondary N) is 1. The lowest BCUT2D eigenvalue weighted by Crippen LogP contribution is -2.39. The number of alkyl halides is 3. The number of ether oxygens (including phenoxy) is 1. The van der Waals surface area contributed by atoms with Crippen LogP contribution in [0.1, 0.15) is 68.3 Å². The van der Waals surface area contributed by atoms with Gasteiger partial charge in [-0.1, -0.05) is 39.0 Å². The van der Waals surface area contributed by atoms with Gasteiger partial charge in [-0.3, -0.25) is 4.79 Å². The smallest absolute Gasteiger partial charge is 0.416 e. The van der Waals surface area contributed by atoms with E-state index < -0.39 is 29.7 Å². The van der Waals surface area contributed by atoms with Gasteiger partial charge in [0.05, 0.1) is 12.2 Å². The maximum absolute atomic E-state index is 12.5. The average molecular weight is 373 g/mol. The van der Waals surface area contributed by atoms with Crippen LogP contribution in [0.4, 0.5) is 13.2 Å². The fourth-order valence-electron chi connectivity index (χ4n) is 2.33. The fraction of sp³-hybridized carbons (Fsp3) is 0.579. The topological polar surface area (TPSA) is 55.4 Å². The first-order chi connectivity index (χ1) is 12.3. The molecule has 1 rings (SSSR count). The van der Waals surface area contributed by atoms with Crippen LogP contribution in [-0.2, 0) is 15.7 Å². The number of esters is 1. The monoisotopic (exact) mass is 373 g/mol. The molecule has 0 heterocycles. The lowest BCUT2D eigenvalue weighted by atomic mass is 10.1. The van der Waals surface area contributed by atoms with Gasteiger partial charge in [0.15, 0.2) is 0 Å². The quantitative estimate of drug-likeness (QED) is 0.477. The molecule has 0 fully saturated rings. The maximum Gasteiger partial charge on any atom is 0.416 e. The minimum Gasteiger partial charge on any atom is -0.464 e. The first-order valence-corrected chi connectivity index (χ1v) is 8.90. The molecule has 1 N–H and O–H groups in total. The molecule has 26 heavy (non-hydrogen) atoms. The van der Waals surface area contributed by atoms with Gasteiger partial charge in [-0.15, -0.1) is 0 Å². The van der Waals surface area contributed by atoms with Gasteiger partial charge in [0.25, 0.3) is 5.91 Å². The second-order valence-electron chi connectivity index (χ2n) is 6.21. The predicted octanol–water partition coefficient (Wildman–Crippen LogP) is 4.73. The molecule has 0 aliphatic heterocycles. The third-order valence-corrected chi connectivity index (χ3v) is 3.92. The minimum absolute atomic E-state index is 0.0496. The van der Waals surface area contributed by atoms with Crippen molar-refractivity contribution in [3.63, 3.8) is 0 Å². The van der Waals surface area contributed by atoms with Gasteiger partial charge in [0.1, 0.15) is 6.04 Å². The number of carbonyl (C=O) groups is 2. The Labute approximate surface area is 152 Å². The van der Waals surface area contributed by atoms with E-state index in [0.717, 1.165) is 43.5 Å². The summed E-state index contributed by atoms with van der Waals surface area (Å²) in [4.78, 5) is 23.8. The van der Waals surface area contributed by atoms with Crippen molar-refractivity contribution >= 4 is 11.9 Å². The van der Waals surface area contributed by atoms with Crippen molar-refractivity contribution in [3.8, 4) is 0 Å². The number of benzene rings is 1. The number of unbranched alkanes of at least 4 members (excludes halogenated alkanes) is 5. The Kier molecular flexibility index (Phi) is 9.16. The highest BCUT2D eigenvalue weighted by Crippen LogP contribution is 2.29. The lowest BCUT2D eigenvalue weighted by molar-refractivity contribution is -0.145. The summed E-state index contributed by atoms with van der Waals surface area (Å²) in [5, 5.41) is 2.43. The van der Waals surface area contributed by atoms with Crippen LogP contribution in [-0.4, -0.2) is 24.5 Å². The van der Waals surface area contributed by atoms with Crippen LogP contribution in [0.2, 0.25) is 0 Å². The predicted molar refractivity (Wildman–Crippen MR) is 92.7 cm³/mol. The van der Waals surface area contributed by atoms with E-state index in [9.17, 15) is 22.8 Å². The Morgan fingerprint density at radius 3 is 2.19 bits per heavy atom. The summed E-state index contributed by atoms with van der Waals surface area (Å²) in [5.41, 5.74) is -0.783. The molecule has 1 aromatic rings. The molecule has 0 saturated heterocycles. The molecule has 0 spiro atoms. The summed E-state index contributed by atoms with van der Waals surface area (Å²) in [6, 6.07) is 2.94.